The van der Waals surface area contributed by atoms with Crippen molar-refractivity contribution >= 4 is 32.4 Å². The summed E-state index contributed by atoms with van der Waals surface area (Å²) in [5, 5.41) is 20.2. The van der Waals surface area contributed by atoms with Gasteiger partial charge in [0.2, 0.25) is 5.88 Å². The van der Waals surface area contributed by atoms with E-state index in [2.05, 4.69) is 9.71 Å². The van der Waals surface area contributed by atoms with E-state index in [1.54, 1.807) is 30.3 Å². The van der Waals surface area contributed by atoms with Gasteiger partial charge >= 0.3 is 0 Å². The summed E-state index contributed by atoms with van der Waals surface area (Å²) < 4.78 is 27.8. The van der Waals surface area contributed by atoms with Crippen molar-refractivity contribution in [1.82, 2.24) is 4.98 Å². The topological polar surface area (TPSA) is 117 Å². The fraction of sp³-hybridized carbons (Fsp3) is 0.0588. The molecule has 0 saturated heterocycles. The Bertz CT molecular complexity index is 1080. The van der Waals surface area contributed by atoms with Gasteiger partial charge in [0, 0.05) is 11.1 Å². The fourth-order valence-electron chi connectivity index (χ4n) is 2.49. The summed E-state index contributed by atoms with van der Waals surface area (Å²) in [7, 11) is -4.03. The standard InChI is InChI=1S/C17H14N2O5S/c1-10(20)14-16(21)12-8-5-9-13(15(12)18-17(14)22)25(23,24)19-11-6-3-2-4-7-11/h2-9,19H,1H3,(H2,18,21,22). The van der Waals surface area contributed by atoms with E-state index in [0.717, 1.165) is 0 Å². The molecule has 3 N–H and O–H groups in total. The molecule has 25 heavy (non-hydrogen) atoms. The largest absolute Gasteiger partial charge is 0.506 e. The number of aromatic nitrogens is 1. The van der Waals surface area contributed by atoms with Crippen LogP contribution < -0.4 is 4.72 Å². The molecule has 3 aromatic rings. The second-order valence-electron chi connectivity index (χ2n) is 5.34. The first-order chi connectivity index (χ1) is 11.8. The molecule has 0 amide bonds. The Kier molecular flexibility index (Phi) is 4.05. The maximum Gasteiger partial charge on any atom is 0.264 e. The molecule has 0 aliphatic rings. The number of pyridine rings is 1. The summed E-state index contributed by atoms with van der Waals surface area (Å²) in [4.78, 5) is 15.2. The summed E-state index contributed by atoms with van der Waals surface area (Å²) in [5.41, 5.74) is -0.127. The Hall–Kier alpha value is -3.13. The van der Waals surface area contributed by atoms with Gasteiger partial charge in [-0.25, -0.2) is 13.4 Å². The van der Waals surface area contributed by atoms with E-state index >= 15 is 0 Å². The first kappa shape index (κ1) is 16.7. The normalized spacial score (nSPS) is 11.4. The molecule has 7 nitrogen and oxygen atoms in total. The number of fused-ring (bicyclic) bond motifs is 1. The number of hydrogen-bond donors (Lipinski definition) is 3. The highest BCUT2D eigenvalue weighted by Gasteiger charge is 2.24. The van der Waals surface area contributed by atoms with Crippen LogP contribution in [0.5, 0.6) is 11.6 Å². The second-order valence-corrected chi connectivity index (χ2v) is 6.99. The van der Waals surface area contributed by atoms with Crippen LogP contribution in [-0.4, -0.2) is 29.4 Å². The molecule has 2 aromatic carbocycles. The minimum Gasteiger partial charge on any atom is -0.506 e. The summed E-state index contributed by atoms with van der Waals surface area (Å²) >= 11 is 0. The van der Waals surface area contributed by atoms with Gasteiger partial charge in [-0.3, -0.25) is 9.52 Å². The van der Waals surface area contributed by atoms with Crippen LogP contribution in [0.25, 0.3) is 10.9 Å². The number of nitrogens with zero attached hydrogens (tertiary/aromatic N) is 1. The Morgan fingerprint density at radius 3 is 2.36 bits per heavy atom. The lowest BCUT2D eigenvalue weighted by Crippen LogP contribution is -2.14. The molecule has 0 bridgehead atoms. The van der Waals surface area contributed by atoms with Crippen LogP contribution in [0, 0.1) is 0 Å². The average Bonchev–Trinajstić information content (AvgIpc) is 2.54. The minimum absolute atomic E-state index is 0.0546. The predicted octanol–water partition coefficient (Wildman–Crippen LogP) is 2.65. The lowest BCUT2D eigenvalue weighted by atomic mass is 10.1. The van der Waals surface area contributed by atoms with Crippen molar-refractivity contribution in [2.45, 2.75) is 11.8 Å². The van der Waals surface area contributed by atoms with Crippen LogP contribution in [-0.2, 0) is 10.0 Å². The number of nitrogens with one attached hydrogen (secondary N) is 1. The summed E-state index contributed by atoms with van der Waals surface area (Å²) in [6.07, 6.45) is 0. The zero-order valence-corrected chi connectivity index (χ0v) is 13.9. The first-order valence-electron chi connectivity index (χ1n) is 7.24. The predicted molar refractivity (Wildman–Crippen MR) is 92.3 cm³/mol. The van der Waals surface area contributed by atoms with Crippen LogP contribution in [0.2, 0.25) is 0 Å². The molecule has 1 aromatic heterocycles. The van der Waals surface area contributed by atoms with Crippen molar-refractivity contribution in [2.24, 2.45) is 0 Å². The molecule has 0 spiro atoms. The van der Waals surface area contributed by atoms with Crippen molar-refractivity contribution in [3.63, 3.8) is 0 Å². The number of para-hydroxylation sites is 2. The van der Waals surface area contributed by atoms with Gasteiger partial charge in [-0.2, -0.15) is 0 Å². The number of benzene rings is 2. The maximum atomic E-state index is 12.7. The van der Waals surface area contributed by atoms with Crippen molar-refractivity contribution in [3.8, 4) is 11.6 Å². The van der Waals surface area contributed by atoms with Gasteiger partial charge in [0.05, 0.1) is 5.52 Å². The Morgan fingerprint density at radius 2 is 1.72 bits per heavy atom. The van der Waals surface area contributed by atoms with E-state index in [1.807, 2.05) is 0 Å². The molecular formula is C17H14N2O5S. The molecule has 0 unspecified atom stereocenters. The van der Waals surface area contributed by atoms with Crippen LogP contribution in [0.3, 0.4) is 0 Å². The molecule has 0 radical (unpaired) electrons. The molecule has 0 saturated carbocycles. The molecule has 0 fully saturated rings. The van der Waals surface area contributed by atoms with E-state index in [1.165, 1.54) is 25.1 Å². The fourth-order valence-corrected chi connectivity index (χ4v) is 3.71. The van der Waals surface area contributed by atoms with E-state index in [9.17, 15) is 23.4 Å². The molecule has 8 heteroatoms. The van der Waals surface area contributed by atoms with Crippen molar-refractivity contribution in [1.29, 1.82) is 0 Å². The maximum absolute atomic E-state index is 12.7. The van der Waals surface area contributed by atoms with Crippen molar-refractivity contribution in [3.05, 3.63) is 54.1 Å². The Balaban J connectivity index is 2.22. The molecule has 1 heterocycles. The zero-order valence-electron chi connectivity index (χ0n) is 13.1. The highest BCUT2D eigenvalue weighted by Crippen LogP contribution is 2.36. The molecule has 128 valence electrons. The number of Topliss-reactive ketones (excluding diaryl/α,β-unsaturated/α-hetero) is 1. The number of anilines is 1. The number of sulfonamides is 1. The van der Waals surface area contributed by atoms with Crippen molar-refractivity contribution < 1.29 is 23.4 Å². The van der Waals surface area contributed by atoms with Crippen LogP contribution in [0.1, 0.15) is 17.3 Å². The summed E-state index contributed by atoms with van der Waals surface area (Å²) in [5.74, 6) is -1.81. The van der Waals surface area contributed by atoms with Gasteiger partial charge in [0.1, 0.15) is 16.2 Å². The van der Waals surface area contributed by atoms with E-state index in [-0.39, 0.29) is 21.4 Å². The van der Waals surface area contributed by atoms with Gasteiger partial charge in [-0.1, -0.05) is 24.3 Å². The van der Waals surface area contributed by atoms with Crippen molar-refractivity contribution in [2.75, 3.05) is 4.72 Å². The molecule has 3 rings (SSSR count). The SMILES string of the molecule is CC(=O)c1c(O)nc2c(S(=O)(=O)Nc3ccccc3)cccc2c1O. The molecule has 0 aliphatic heterocycles. The second kappa shape index (κ2) is 6.06. The smallest absolute Gasteiger partial charge is 0.264 e. The first-order valence-corrected chi connectivity index (χ1v) is 8.73. The highest BCUT2D eigenvalue weighted by molar-refractivity contribution is 7.93. The summed E-state index contributed by atoms with van der Waals surface area (Å²) in [6, 6.07) is 12.4. The molecule has 0 aliphatic carbocycles. The summed E-state index contributed by atoms with van der Waals surface area (Å²) in [6.45, 7) is 1.17. The van der Waals surface area contributed by atoms with Crippen LogP contribution in [0.15, 0.2) is 53.4 Å². The van der Waals surface area contributed by atoms with Crippen LogP contribution >= 0.6 is 0 Å². The highest BCUT2D eigenvalue weighted by atomic mass is 32.2. The lowest BCUT2D eigenvalue weighted by Gasteiger charge is -2.12. The van der Waals surface area contributed by atoms with Gasteiger partial charge in [-0.05, 0) is 31.2 Å². The third-order valence-electron chi connectivity index (χ3n) is 3.60. The molecular weight excluding hydrogens is 344 g/mol. The van der Waals surface area contributed by atoms with Gasteiger partial charge in [-0.15, -0.1) is 0 Å². The average molecular weight is 358 g/mol. The van der Waals surface area contributed by atoms with E-state index in [0.29, 0.717) is 5.69 Å². The van der Waals surface area contributed by atoms with E-state index in [4.69, 9.17) is 0 Å². The number of carbonyl (C=O) groups is 1. The quantitative estimate of drug-likeness (QED) is 0.617. The van der Waals surface area contributed by atoms with Gasteiger partial charge < -0.3 is 10.2 Å². The number of carbonyl (C=O) groups excluding carboxylic acids is 1. The lowest BCUT2D eigenvalue weighted by molar-refractivity contribution is 0.101. The minimum atomic E-state index is -4.03. The van der Waals surface area contributed by atoms with Crippen LogP contribution in [0.4, 0.5) is 5.69 Å². The third kappa shape index (κ3) is 2.99. The zero-order chi connectivity index (χ0) is 18.2. The van der Waals surface area contributed by atoms with Gasteiger partial charge in [0.15, 0.2) is 5.78 Å². The Labute approximate surface area is 143 Å². The number of aromatic hydroxyl groups is 2. The number of hydrogen-bond acceptors (Lipinski definition) is 6. The Morgan fingerprint density at radius 1 is 1.04 bits per heavy atom. The third-order valence-corrected chi connectivity index (χ3v) is 5.01. The number of ketones is 1. The number of rotatable bonds is 4. The van der Waals surface area contributed by atoms with Gasteiger partial charge in [0.25, 0.3) is 10.0 Å². The molecule has 0 atom stereocenters. The van der Waals surface area contributed by atoms with E-state index < -0.39 is 27.4 Å². The monoisotopic (exact) mass is 358 g/mol.